The molecular formula is C25H33N3O3. The van der Waals surface area contributed by atoms with E-state index in [-0.39, 0.29) is 29.8 Å². The van der Waals surface area contributed by atoms with Crippen molar-refractivity contribution in [3.05, 3.63) is 35.4 Å². The molecule has 4 saturated carbocycles. The van der Waals surface area contributed by atoms with Crippen LogP contribution in [0.1, 0.15) is 63.5 Å². The Balaban J connectivity index is 1.26. The van der Waals surface area contributed by atoms with E-state index in [0.29, 0.717) is 0 Å². The van der Waals surface area contributed by atoms with Crippen molar-refractivity contribution in [2.24, 2.45) is 23.2 Å². The summed E-state index contributed by atoms with van der Waals surface area (Å²) in [4.78, 5) is 39.7. The molecule has 4 amide bonds. The van der Waals surface area contributed by atoms with Crippen molar-refractivity contribution >= 4 is 17.8 Å². The summed E-state index contributed by atoms with van der Waals surface area (Å²) in [5.74, 6) is 1.81. The Morgan fingerprint density at radius 1 is 1.10 bits per heavy atom. The van der Waals surface area contributed by atoms with E-state index in [4.69, 9.17) is 0 Å². The molecule has 2 N–H and O–H groups in total. The second kappa shape index (κ2) is 7.07. The average molecular weight is 424 g/mol. The molecule has 1 heterocycles. The van der Waals surface area contributed by atoms with Gasteiger partial charge in [-0.3, -0.25) is 14.5 Å². The van der Waals surface area contributed by atoms with Crippen molar-refractivity contribution in [3.63, 3.8) is 0 Å². The fourth-order valence-corrected chi connectivity index (χ4v) is 7.21. The minimum atomic E-state index is -1.14. The smallest absolute Gasteiger partial charge is 0.325 e. The van der Waals surface area contributed by atoms with Gasteiger partial charge in [-0.1, -0.05) is 29.8 Å². The lowest BCUT2D eigenvalue weighted by Crippen LogP contribution is -2.57. The Kier molecular flexibility index (Phi) is 4.68. The van der Waals surface area contributed by atoms with E-state index in [1.807, 2.05) is 31.2 Å². The van der Waals surface area contributed by atoms with E-state index in [9.17, 15) is 14.4 Å². The van der Waals surface area contributed by atoms with Gasteiger partial charge in [0.1, 0.15) is 12.1 Å². The van der Waals surface area contributed by atoms with Gasteiger partial charge in [0.25, 0.3) is 5.91 Å². The number of nitrogens with zero attached hydrogens (tertiary/aromatic N) is 1. The molecule has 6 heteroatoms. The van der Waals surface area contributed by atoms with Gasteiger partial charge in [-0.25, -0.2) is 4.79 Å². The third-order valence-corrected chi connectivity index (χ3v) is 8.59. The van der Waals surface area contributed by atoms with Crippen LogP contribution in [0.15, 0.2) is 24.3 Å². The summed E-state index contributed by atoms with van der Waals surface area (Å²) in [6.45, 7) is 5.56. The van der Waals surface area contributed by atoms with Crippen molar-refractivity contribution < 1.29 is 14.4 Å². The molecule has 4 bridgehead atoms. The lowest BCUT2D eigenvalue weighted by Gasteiger charge is -2.59. The molecular weight excluding hydrogens is 390 g/mol. The number of hydrogen-bond acceptors (Lipinski definition) is 3. The Labute approximate surface area is 184 Å². The van der Waals surface area contributed by atoms with Gasteiger partial charge in [0.2, 0.25) is 5.91 Å². The highest BCUT2D eigenvalue weighted by Gasteiger charge is 2.54. The first kappa shape index (κ1) is 20.5. The SMILES string of the molecule is Cc1ccc([C@@]2(C)NC(=O)N(CC(=O)N[C@@H](C)C34CC5CC(CC(C5)C3)C4)C2=O)cc1. The summed E-state index contributed by atoms with van der Waals surface area (Å²) >= 11 is 0. The molecule has 0 radical (unpaired) electrons. The molecule has 1 aromatic carbocycles. The number of amides is 4. The van der Waals surface area contributed by atoms with E-state index in [0.717, 1.165) is 33.8 Å². The van der Waals surface area contributed by atoms with E-state index < -0.39 is 11.6 Å². The second-order valence-electron chi connectivity index (χ2n) is 10.9. The quantitative estimate of drug-likeness (QED) is 0.712. The number of rotatable bonds is 5. The standard InChI is InChI=1S/C25H33N3O3/c1-15-4-6-20(7-5-15)24(3)22(30)28(23(31)27-24)14-21(29)26-16(2)25-11-17-8-18(12-25)10-19(9-17)13-25/h4-7,16-19H,8-14H2,1-3H3,(H,26,29)(H,27,31)/t16-,17?,18?,19?,24+,25?/m0/s1. The minimum Gasteiger partial charge on any atom is -0.352 e. The zero-order valence-electron chi connectivity index (χ0n) is 18.7. The maximum Gasteiger partial charge on any atom is 0.325 e. The predicted molar refractivity (Wildman–Crippen MR) is 117 cm³/mol. The summed E-state index contributed by atoms with van der Waals surface area (Å²) in [7, 11) is 0. The first-order valence-electron chi connectivity index (χ1n) is 11.7. The molecule has 0 spiro atoms. The van der Waals surface area contributed by atoms with Crippen LogP contribution in [0, 0.1) is 30.1 Å². The number of benzene rings is 1. The maximum absolute atomic E-state index is 13.1. The van der Waals surface area contributed by atoms with Crippen LogP contribution in [0.25, 0.3) is 0 Å². The molecule has 166 valence electrons. The Hall–Kier alpha value is -2.37. The fourth-order valence-electron chi connectivity index (χ4n) is 7.21. The molecule has 6 nitrogen and oxygen atoms in total. The number of carbonyl (C=O) groups excluding carboxylic acids is 3. The third-order valence-electron chi connectivity index (χ3n) is 8.59. The number of nitrogens with one attached hydrogen (secondary N) is 2. The number of urea groups is 1. The molecule has 5 fully saturated rings. The molecule has 0 aromatic heterocycles. The van der Waals surface area contributed by atoms with Crippen LogP contribution >= 0.6 is 0 Å². The first-order chi connectivity index (χ1) is 14.7. The summed E-state index contributed by atoms with van der Waals surface area (Å²) < 4.78 is 0. The van der Waals surface area contributed by atoms with Crippen molar-refractivity contribution in [1.29, 1.82) is 0 Å². The number of aryl methyl sites for hydroxylation is 1. The van der Waals surface area contributed by atoms with Crippen LogP contribution < -0.4 is 10.6 Å². The summed E-state index contributed by atoms with van der Waals surface area (Å²) in [6.07, 6.45) is 7.69. The Bertz CT molecular complexity index is 889. The highest BCUT2D eigenvalue weighted by Crippen LogP contribution is 2.61. The summed E-state index contributed by atoms with van der Waals surface area (Å²) in [5, 5.41) is 5.96. The average Bonchev–Trinajstić information content (AvgIpc) is 2.91. The van der Waals surface area contributed by atoms with Crippen LogP contribution in [-0.2, 0) is 15.1 Å². The predicted octanol–water partition coefficient (Wildman–Crippen LogP) is 3.48. The third kappa shape index (κ3) is 3.35. The van der Waals surface area contributed by atoms with Gasteiger partial charge in [-0.15, -0.1) is 0 Å². The van der Waals surface area contributed by atoms with Crippen LogP contribution in [-0.4, -0.2) is 35.3 Å². The Morgan fingerprint density at radius 2 is 1.65 bits per heavy atom. The lowest BCUT2D eigenvalue weighted by atomic mass is 9.48. The van der Waals surface area contributed by atoms with Crippen molar-refractivity contribution in [2.75, 3.05) is 6.54 Å². The van der Waals surface area contributed by atoms with Gasteiger partial charge in [0.15, 0.2) is 0 Å². The number of imide groups is 1. The van der Waals surface area contributed by atoms with E-state index in [1.54, 1.807) is 6.92 Å². The molecule has 31 heavy (non-hydrogen) atoms. The van der Waals surface area contributed by atoms with Gasteiger partial charge < -0.3 is 10.6 Å². The van der Waals surface area contributed by atoms with Crippen LogP contribution in [0.2, 0.25) is 0 Å². The second-order valence-corrected chi connectivity index (χ2v) is 10.9. The zero-order valence-corrected chi connectivity index (χ0v) is 18.7. The molecule has 0 unspecified atom stereocenters. The van der Waals surface area contributed by atoms with E-state index in [2.05, 4.69) is 17.6 Å². The van der Waals surface area contributed by atoms with Crippen molar-refractivity contribution in [3.8, 4) is 0 Å². The molecule has 1 aliphatic heterocycles. The van der Waals surface area contributed by atoms with Crippen molar-refractivity contribution in [2.45, 2.75) is 70.9 Å². The molecule has 5 aliphatic rings. The van der Waals surface area contributed by atoms with Crippen LogP contribution in [0.3, 0.4) is 0 Å². The van der Waals surface area contributed by atoms with Gasteiger partial charge in [0, 0.05) is 6.04 Å². The van der Waals surface area contributed by atoms with Crippen LogP contribution in [0.4, 0.5) is 4.79 Å². The minimum absolute atomic E-state index is 0.0673. The highest BCUT2D eigenvalue weighted by molar-refractivity contribution is 6.09. The maximum atomic E-state index is 13.1. The van der Waals surface area contributed by atoms with Gasteiger partial charge in [0.05, 0.1) is 0 Å². The van der Waals surface area contributed by atoms with E-state index in [1.165, 1.54) is 38.5 Å². The van der Waals surface area contributed by atoms with Crippen LogP contribution in [0.5, 0.6) is 0 Å². The van der Waals surface area contributed by atoms with Gasteiger partial charge in [-0.05, 0) is 88.0 Å². The van der Waals surface area contributed by atoms with Crippen molar-refractivity contribution in [1.82, 2.24) is 15.5 Å². The summed E-state index contributed by atoms with van der Waals surface area (Å²) in [6, 6.07) is 7.10. The number of hydrogen-bond donors (Lipinski definition) is 2. The molecule has 1 saturated heterocycles. The summed E-state index contributed by atoms with van der Waals surface area (Å²) in [5.41, 5.74) is 0.856. The first-order valence-corrected chi connectivity index (χ1v) is 11.7. The zero-order chi connectivity index (χ0) is 22.0. The normalized spacial score (nSPS) is 37.1. The monoisotopic (exact) mass is 423 g/mol. The van der Waals surface area contributed by atoms with E-state index >= 15 is 0 Å². The molecule has 2 atom stereocenters. The fraction of sp³-hybridized carbons (Fsp3) is 0.640. The van der Waals surface area contributed by atoms with Gasteiger partial charge in [-0.2, -0.15) is 0 Å². The number of carbonyl (C=O) groups is 3. The molecule has 1 aromatic rings. The largest absolute Gasteiger partial charge is 0.352 e. The Morgan fingerprint density at radius 3 is 2.19 bits per heavy atom. The lowest BCUT2D eigenvalue weighted by molar-refractivity contribution is -0.136. The molecule has 6 rings (SSSR count). The van der Waals surface area contributed by atoms with Gasteiger partial charge >= 0.3 is 6.03 Å². The topological polar surface area (TPSA) is 78.5 Å². The highest BCUT2D eigenvalue weighted by atomic mass is 16.2. The molecule has 4 aliphatic carbocycles.